The van der Waals surface area contributed by atoms with Crippen molar-refractivity contribution in [3.05, 3.63) is 73.6 Å². The third kappa shape index (κ3) is 5.01. The lowest BCUT2D eigenvalue weighted by Gasteiger charge is -2.20. The van der Waals surface area contributed by atoms with Crippen LogP contribution in [-0.4, -0.2) is 25.8 Å². The third-order valence-electron chi connectivity index (χ3n) is 5.88. The highest BCUT2D eigenvalue weighted by Gasteiger charge is 2.22. The third-order valence-corrected chi connectivity index (χ3v) is 5.88. The standard InChI is InChI=1S/C27H34N8/c1-16(28-20-10-12-22-24(14-20)34(8)18(3)32-22)30-26(27(5,6)7)31-17(2)29-21-11-13-23-25(15-21)35(9)19(4)33-23/h10-15,28,32-33H,1,3-4H2,2,5-9H3,(H,29,30,31). The zero-order chi connectivity index (χ0) is 25.5. The summed E-state index contributed by atoms with van der Waals surface area (Å²) < 4.78 is 0. The molecule has 0 aliphatic carbocycles. The zero-order valence-electron chi connectivity index (χ0n) is 21.4. The van der Waals surface area contributed by atoms with Crippen molar-refractivity contribution in [2.45, 2.75) is 27.7 Å². The molecule has 2 aromatic carbocycles. The Hall–Kier alpha value is -4.20. The van der Waals surface area contributed by atoms with Gasteiger partial charge in [0, 0.05) is 30.9 Å². The summed E-state index contributed by atoms with van der Waals surface area (Å²) in [4.78, 5) is 13.6. The lowest BCUT2D eigenvalue weighted by molar-refractivity contribution is 0.584. The van der Waals surface area contributed by atoms with E-state index in [1.807, 2.05) is 61.2 Å². The van der Waals surface area contributed by atoms with Gasteiger partial charge in [0.25, 0.3) is 0 Å². The molecule has 0 amide bonds. The Morgan fingerprint density at radius 3 is 1.80 bits per heavy atom. The zero-order valence-corrected chi connectivity index (χ0v) is 21.4. The molecule has 2 aliphatic rings. The van der Waals surface area contributed by atoms with Crippen molar-refractivity contribution in [2.24, 2.45) is 15.4 Å². The predicted molar refractivity (Wildman–Crippen MR) is 152 cm³/mol. The van der Waals surface area contributed by atoms with Crippen LogP contribution in [0.5, 0.6) is 0 Å². The van der Waals surface area contributed by atoms with Crippen molar-refractivity contribution in [1.82, 2.24) is 0 Å². The normalized spacial score (nSPS) is 15.5. The molecule has 0 fully saturated rings. The van der Waals surface area contributed by atoms with Crippen molar-refractivity contribution < 1.29 is 0 Å². The van der Waals surface area contributed by atoms with Crippen LogP contribution in [0.25, 0.3) is 0 Å². The highest BCUT2D eigenvalue weighted by Crippen LogP contribution is 2.37. The van der Waals surface area contributed by atoms with E-state index in [-0.39, 0.29) is 5.41 Å². The summed E-state index contributed by atoms with van der Waals surface area (Å²) in [5.41, 5.74) is 5.72. The van der Waals surface area contributed by atoms with Gasteiger partial charge in [-0.3, -0.25) is 0 Å². The Balaban J connectivity index is 1.51. The molecule has 8 nitrogen and oxygen atoms in total. The minimum absolute atomic E-state index is 0.285. The van der Waals surface area contributed by atoms with Crippen molar-refractivity contribution in [3.8, 4) is 0 Å². The number of aliphatic imine (C=N–C) groups is 2. The van der Waals surface area contributed by atoms with E-state index in [0.717, 1.165) is 51.6 Å². The van der Waals surface area contributed by atoms with Crippen LogP contribution in [0.1, 0.15) is 27.7 Å². The molecule has 0 atom stereocenters. The average molecular weight is 471 g/mol. The monoisotopic (exact) mass is 470 g/mol. The van der Waals surface area contributed by atoms with Crippen LogP contribution in [0.15, 0.2) is 83.6 Å². The van der Waals surface area contributed by atoms with Crippen molar-refractivity contribution in [2.75, 3.05) is 45.2 Å². The topological polar surface area (TPSA) is 79.3 Å². The second-order valence-corrected chi connectivity index (χ2v) is 9.80. The Morgan fingerprint density at radius 2 is 1.31 bits per heavy atom. The number of fused-ring (bicyclic) bond motifs is 2. The van der Waals surface area contributed by atoms with E-state index >= 15 is 0 Å². The average Bonchev–Trinajstić information content (AvgIpc) is 3.22. The van der Waals surface area contributed by atoms with Crippen LogP contribution in [-0.2, 0) is 0 Å². The predicted octanol–water partition coefficient (Wildman–Crippen LogP) is 6.21. The van der Waals surface area contributed by atoms with Crippen molar-refractivity contribution in [1.29, 1.82) is 0 Å². The summed E-state index contributed by atoms with van der Waals surface area (Å²) in [5, 5.41) is 13.2. The summed E-state index contributed by atoms with van der Waals surface area (Å²) in [5.74, 6) is 3.62. The lowest BCUT2D eigenvalue weighted by Crippen LogP contribution is -2.22. The van der Waals surface area contributed by atoms with Crippen molar-refractivity contribution >= 4 is 45.8 Å². The maximum absolute atomic E-state index is 4.81. The van der Waals surface area contributed by atoms with Crippen LogP contribution in [0, 0.1) is 5.41 Å². The second-order valence-electron chi connectivity index (χ2n) is 9.80. The van der Waals surface area contributed by atoms with E-state index in [2.05, 4.69) is 67.8 Å². The molecule has 2 aromatic rings. The molecule has 2 heterocycles. The Labute approximate surface area is 207 Å². The molecule has 0 bridgehead atoms. The number of nitrogens with zero attached hydrogens (tertiary/aromatic N) is 4. The van der Waals surface area contributed by atoms with Gasteiger partial charge in [0.1, 0.15) is 29.1 Å². The van der Waals surface area contributed by atoms with Gasteiger partial charge in [-0.25, -0.2) is 9.98 Å². The van der Waals surface area contributed by atoms with Gasteiger partial charge in [-0.1, -0.05) is 40.5 Å². The van der Waals surface area contributed by atoms with Gasteiger partial charge in [0.05, 0.1) is 22.7 Å². The summed E-state index contributed by atoms with van der Waals surface area (Å²) in [7, 11) is 3.96. The second kappa shape index (κ2) is 8.87. The SMILES string of the molecule is C=C(N=C(N=C(C)Nc1ccc2c(c1)N(C)C(=C)N2)C(C)(C)C)Nc1ccc2c(c1)N(C)C(=C)N2. The first-order chi connectivity index (χ1) is 16.4. The Kier molecular flexibility index (Phi) is 6.06. The molecule has 35 heavy (non-hydrogen) atoms. The fourth-order valence-electron chi connectivity index (χ4n) is 3.83. The quantitative estimate of drug-likeness (QED) is 0.314. The number of hydrogen-bond acceptors (Lipinski definition) is 6. The van der Waals surface area contributed by atoms with Crippen LogP contribution in [0.4, 0.5) is 34.1 Å². The molecule has 4 rings (SSSR count). The number of amidine groups is 2. The van der Waals surface area contributed by atoms with E-state index in [4.69, 9.17) is 9.98 Å². The molecule has 0 radical (unpaired) electrons. The highest BCUT2D eigenvalue weighted by atomic mass is 15.3. The van der Waals surface area contributed by atoms with Gasteiger partial charge in [-0.2, -0.15) is 0 Å². The molecule has 0 saturated carbocycles. The fraction of sp³-hybridized carbons (Fsp3) is 0.259. The summed E-state index contributed by atoms with van der Waals surface area (Å²) in [6, 6.07) is 12.2. The molecule has 8 heteroatoms. The number of anilines is 6. The lowest BCUT2D eigenvalue weighted by atomic mass is 9.95. The van der Waals surface area contributed by atoms with Crippen molar-refractivity contribution in [3.63, 3.8) is 0 Å². The maximum atomic E-state index is 4.81. The summed E-state index contributed by atoms with van der Waals surface area (Å²) >= 11 is 0. The van der Waals surface area contributed by atoms with Crippen LogP contribution in [0.2, 0.25) is 0 Å². The van der Waals surface area contributed by atoms with E-state index in [9.17, 15) is 0 Å². The van der Waals surface area contributed by atoms with Gasteiger partial charge in [-0.15, -0.1) is 0 Å². The number of nitrogens with one attached hydrogen (secondary N) is 4. The molecule has 0 saturated heterocycles. The molecule has 0 unspecified atom stereocenters. The van der Waals surface area contributed by atoms with Crippen LogP contribution < -0.4 is 31.1 Å². The number of rotatable bonds is 4. The molecule has 182 valence electrons. The Morgan fingerprint density at radius 1 is 0.829 bits per heavy atom. The smallest absolute Gasteiger partial charge is 0.138 e. The minimum Gasteiger partial charge on any atom is -0.344 e. The van der Waals surface area contributed by atoms with E-state index in [1.165, 1.54) is 0 Å². The molecule has 2 aliphatic heterocycles. The van der Waals surface area contributed by atoms with Crippen LogP contribution in [0.3, 0.4) is 0 Å². The number of benzene rings is 2. The van der Waals surface area contributed by atoms with Gasteiger partial charge in [0.15, 0.2) is 0 Å². The fourth-order valence-corrected chi connectivity index (χ4v) is 3.83. The number of hydrogen-bond donors (Lipinski definition) is 4. The van der Waals surface area contributed by atoms with Gasteiger partial charge in [0.2, 0.25) is 0 Å². The molecular weight excluding hydrogens is 436 g/mol. The van der Waals surface area contributed by atoms with Gasteiger partial charge in [-0.05, 0) is 43.3 Å². The summed E-state index contributed by atoms with van der Waals surface area (Å²) in [6.07, 6.45) is 0. The van der Waals surface area contributed by atoms with Crippen LogP contribution >= 0.6 is 0 Å². The van der Waals surface area contributed by atoms with E-state index < -0.39 is 0 Å². The molecular formula is C27H34N8. The summed E-state index contributed by atoms with van der Waals surface area (Å²) in [6.45, 7) is 20.3. The maximum Gasteiger partial charge on any atom is 0.138 e. The first-order valence-electron chi connectivity index (χ1n) is 11.5. The Bertz CT molecular complexity index is 1280. The van der Waals surface area contributed by atoms with Gasteiger partial charge >= 0.3 is 0 Å². The minimum atomic E-state index is -0.285. The molecule has 4 N–H and O–H groups in total. The molecule has 0 aromatic heterocycles. The highest BCUT2D eigenvalue weighted by molar-refractivity contribution is 6.05. The van der Waals surface area contributed by atoms with Gasteiger partial charge < -0.3 is 31.1 Å². The first kappa shape index (κ1) is 23.9. The van der Waals surface area contributed by atoms with E-state index in [0.29, 0.717) is 11.7 Å². The first-order valence-corrected chi connectivity index (χ1v) is 11.5. The largest absolute Gasteiger partial charge is 0.344 e. The van der Waals surface area contributed by atoms with E-state index in [1.54, 1.807) is 0 Å². The molecule has 0 spiro atoms.